The van der Waals surface area contributed by atoms with E-state index in [1.807, 2.05) is 6.07 Å². The molecule has 3 nitrogen and oxygen atoms in total. The summed E-state index contributed by atoms with van der Waals surface area (Å²) in [6.45, 7) is 9.92. The number of thiocarbonyl (C=S) groups is 1. The smallest absolute Gasteiger partial charge is 0.104 e. The Morgan fingerprint density at radius 3 is 2.44 bits per heavy atom. The maximum atomic E-state index is 5.69. The molecule has 1 aromatic carbocycles. The van der Waals surface area contributed by atoms with E-state index >= 15 is 0 Å². The van der Waals surface area contributed by atoms with E-state index in [0.717, 1.165) is 43.9 Å². The molecule has 1 fully saturated rings. The van der Waals surface area contributed by atoms with Gasteiger partial charge in [0.05, 0.1) is 0 Å². The van der Waals surface area contributed by atoms with Gasteiger partial charge in [-0.3, -0.25) is 0 Å². The first-order chi connectivity index (χ1) is 8.61. The van der Waals surface area contributed by atoms with E-state index in [0.29, 0.717) is 4.99 Å². The zero-order chi connectivity index (χ0) is 13.1. The molecule has 0 aromatic heterocycles. The third-order valence-electron chi connectivity index (χ3n) is 3.66. The molecular formula is C14H21N3S. The van der Waals surface area contributed by atoms with Crippen LogP contribution in [0.5, 0.6) is 0 Å². The van der Waals surface area contributed by atoms with Crippen LogP contribution in [-0.2, 0) is 0 Å². The highest BCUT2D eigenvalue weighted by Gasteiger charge is 2.16. The average molecular weight is 263 g/mol. The summed E-state index contributed by atoms with van der Waals surface area (Å²) in [5.74, 6) is 0. The highest BCUT2D eigenvalue weighted by Crippen LogP contribution is 2.20. The number of hydrogen-bond acceptors (Lipinski definition) is 3. The lowest BCUT2D eigenvalue weighted by Crippen LogP contribution is -2.46. The van der Waals surface area contributed by atoms with Crippen molar-refractivity contribution >= 4 is 22.9 Å². The summed E-state index contributed by atoms with van der Waals surface area (Å²) in [6, 6.07) is 6.36. The second-order valence-electron chi connectivity index (χ2n) is 4.78. The summed E-state index contributed by atoms with van der Waals surface area (Å²) >= 11 is 5.04. The molecule has 0 amide bonds. The molecule has 0 bridgehead atoms. The molecule has 18 heavy (non-hydrogen) atoms. The lowest BCUT2D eigenvalue weighted by Gasteiger charge is -2.35. The van der Waals surface area contributed by atoms with Gasteiger partial charge in [0.1, 0.15) is 4.99 Å². The monoisotopic (exact) mass is 263 g/mol. The first-order valence-electron chi connectivity index (χ1n) is 6.49. The standard InChI is InChI=1S/C14H21N3S/c1-3-16-6-8-17(9-7-16)12-4-5-13(14(15)18)11(2)10-12/h4-5,10H,3,6-9H2,1-2H3,(H2,15,18). The number of nitrogens with two attached hydrogens (primary N) is 1. The molecule has 0 spiro atoms. The fourth-order valence-corrected chi connectivity index (χ4v) is 2.67. The van der Waals surface area contributed by atoms with Gasteiger partial charge in [-0.1, -0.05) is 19.1 Å². The molecule has 1 aromatic rings. The third kappa shape index (κ3) is 2.82. The number of anilines is 1. The molecule has 98 valence electrons. The Morgan fingerprint density at radius 2 is 1.94 bits per heavy atom. The Balaban J connectivity index is 2.11. The van der Waals surface area contributed by atoms with Crippen molar-refractivity contribution in [3.05, 3.63) is 29.3 Å². The minimum Gasteiger partial charge on any atom is -0.389 e. The van der Waals surface area contributed by atoms with Crippen LogP contribution >= 0.6 is 12.2 Å². The topological polar surface area (TPSA) is 32.5 Å². The highest BCUT2D eigenvalue weighted by molar-refractivity contribution is 7.80. The van der Waals surface area contributed by atoms with Crippen LogP contribution in [0.2, 0.25) is 0 Å². The van der Waals surface area contributed by atoms with Crippen molar-refractivity contribution in [2.75, 3.05) is 37.6 Å². The molecule has 1 saturated heterocycles. The van der Waals surface area contributed by atoms with E-state index in [2.05, 4.69) is 35.8 Å². The van der Waals surface area contributed by atoms with Gasteiger partial charge in [0.2, 0.25) is 0 Å². The Hall–Kier alpha value is -1.13. The molecule has 1 aliphatic heterocycles. The quantitative estimate of drug-likeness (QED) is 0.843. The van der Waals surface area contributed by atoms with E-state index in [1.54, 1.807) is 0 Å². The first-order valence-corrected chi connectivity index (χ1v) is 6.90. The highest BCUT2D eigenvalue weighted by atomic mass is 32.1. The normalized spacial score (nSPS) is 16.9. The van der Waals surface area contributed by atoms with Gasteiger partial charge < -0.3 is 15.5 Å². The van der Waals surface area contributed by atoms with Gasteiger partial charge in [0.15, 0.2) is 0 Å². The zero-order valence-electron chi connectivity index (χ0n) is 11.1. The lowest BCUT2D eigenvalue weighted by atomic mass is 10.1. The third-order valence-corrected chi connectivity index (χ3v) is 3.88. The summed E-state index contributed by atoms with van der Waals surface area (Å²) in [5, 5.41) is 0. The van der Waals surface area contributed by atoms with E-state index in [4.69, 9.17) is 18.0 Å². The van der Waals surface area contributed by atoms with Crippen LogP contribution in [0.1, 0.15) is 18.1 Å². The number of piperazine rings is 1. The SMILES string of the molecule is CCN1CCN(c2ccc(C(N)=S)c(C)c2)CC1. The van der Waals surface area contributed by atoms with Crippen LogP contribution < -0.4 is 10.6 Å². The number of nitrogens with zero attached hydrogens (tertiary/aromatic N) is 2. The van der Waals surface area contributed by atoms with Gasteiger partial charge in [-0.15, -0.1) is 0 Å². The minimum absolute atomic E-state index is 0.481. The van der Waals surface area contributed by atoms with Crippen LogP contribution in [0.4, 0.5) is 5.69 Å². The van der Waals surface area contributed by atoms with Crippen molar-refractivity contribution in [3.63, 3.8) is 0 Å². The number of aryl methyl sites for hydroxylation is 1. The second-order valence-corrected chi connectivity index (χ2v) is 5.22. The van der Waals surface area contributed by atoms with E-state index < -0.39 is 0 Å². The van der Waals surface area contributed by atoms with Crippen LogP contribution in [0.3, 0.4) is 0 Å². The molecule has 2 N–H and O–H groups in total. The number of benzene rings is 1. The first kappa shape index (κ1) is 13.3. The predicted octanol–water partition coefficient (Wildman–Crippen LogP) is 1.77. The molecular weight excluding hydrogens is 242 g/mol. The molecule has 4 heteroatoms. The van der Waals surface area contributed by atoms with Crippen molar-refractivity contribution in [2.24, 2.45) is 5.73 Å². The second kappa shape index (κ2) is 5.67. The van der Waals surface area contributed by atoms with Gasteiger partial charge in [-0.25, -0.2) is 0 Å². The van der Waals surface area contributed by atoms with Crippen LogP contribution in [0, 0.1) is 6.92 Å². The molecule has 2 rings (SSSR count). The van der Waals surface area contributed by atoms with Crippen molar-refractivity contribution in [1.82, 2.24) is 4.90 Å². The summed E-state index contributed by atoms with van der Waals surface area (Å²) in [6.07, 6.45) is 0. The molecule has 0 aliphatic carbocycles. The maximum Gasteiger partial charge on any atom is 0.104 e. The van der Waals surface area contributed by atoms with Crippen molar-refractivity contribution in [2.45, 2.75) is 13.8 Å². The summed E-state index contributed by atoms with van der Waals surface area (Å²) in [7, 11) is 0. The minimum atomic E-state index is 0.481. The fourth-order valence-electron chi connectivity index (χ4n) is 2.44. The molecule has 0 atom stereocenters. The maximum absolute atomic E-state index is 5.69. The van der Waals surface area contributed by atoms with Gasteiger partial charge in [0.25, 0.3) is 0 Å². The molecule has 0 saturated carbocycles. The van der Waals surface area contributed by atoms with Gasteiger partial charge in [-0.05, 0) is 37.2 Å². The average Bonchev–Trinajstić information content (AvgIpc) is 2.38. The van der Waals surface area contributed by atoms with E-state index in [9.17, 15) is 0 Å². The molecule has 0 radical (unpaired) electrons. The van der Waals surface area contributed by atoms with E-state index in [1.165, 1.54) is 5.69 Å². The predicted molar refractivity (Wildman–Crippen MR) is 81.4 cm³/mol. The lowest BCUT2D eigenvalue weighted by molar-refractivity contribution is 0.271. The van der Waals surface area contributed by atoms with Crippen LogP contribution in [-0.4, -0.2) is 42.6 Å². The largest absolute Gasteiger partial charge is 0.389 e. The zero-order valence-corrected chi connectivity index (χ0v) is 12.0. The van der Waals surface area contributed by atoms with Gasteiger partial charge >= 0.3 is 0 Å². The van der Waals surface area contributed by atoms with E-state index in [-0.39, 0.29) is 0 Å². The van der Waals surface area contributed by atoms with Gasteiger partial charge in [0, 0.05) is 37.4 Å². The van der Waals surface area contributed by atoms with Crippen LogP contribution in [0.15, 0.2) is 18.2 Å². The number of rotatable bonds is 3. The van der Waals surface area contributed by atoms with Crippen molar-refractivity contribution in [1.29, 1.82) is 0 Å². The Morgan fingerprint density at radius 1 is 1.28 bits per heavy atom. The Bertz CT molecular complexity index is 437. The Labute approximate surface area is 115 Å². The van der Waals surface area contributed by atoms with Gasteiger partial charge in [-0.2, -0.15) is 0 Å². The fraction of sp³-hybridized carbons (Fsp3) is 0.500. The molecule has 1 aliphatic rings. The number of hydrogen-bond donors (Lipinski definition) is 1. The summed E-state index contributed by atoms with van der Waals surface area (Å²) in [5.41, 5.74) is 9.12. The summed E-state index contributed by atoms with van der Waals surface area (Å²) in [4.78, 5) is 5.39. The molecule has 0 unspecified atom stereocenters. The number of likely N-dealkylation sites (N-methyl/N-ethyl adjacent to an activating group) is 1. The van der Waals surface area contributed by atoms with Crippen molar-refractivity contribution in [3.8, 4) is 0 Å². The van der Waals surface area contributed by atoms with Crippen LogP contribution in [0.25, 0.3) is 0 Å². The molecule has 1 heterocycles. The summed E-state index contributed by atoms with van der Waals surface area (Å²) < 4.78 is 0. The Kier molecular flexibility index (Phi) is 4.19. The van der Waals surface area contributed by atoms with Crippen molar-refractivity contribution < 1.29 is 0 Å².